The molecule has 28 heavy (non-hydrogen) atoms. The molecule has 2 amide bonds. The van der Waals surface area contributed by atoms with Crippen LogP contribution < -0.4 is 15.8 Å². The Morgan fingerprint density at radius 1 is 1.07 bits per heavy atom. The normalized spacial score (nSPS) is 10.5. The van der Waals surface area contributed by atoms with E-state index in [1.54, 1.807) is 54.6 Å². The van der Waals surface area contributed by atoms with Crippen LogP contribution in [0.2, 0.25) is 0 Å². The van der Waals surface area contributed by atoms with Crippen LogP contribution in [0.3, 0.4) is 0 Å². The van der Waals surface area contributed by atoms with E-state index in [2.05, 4.69) is 5.32 Å². The predicted octanol–water partition coefficient (Wildman–Crippen LogP) is 3.52. The Balaban J connectivity index is 1.54. The topological polar surface area (TPSA) is 94.6 Å². The number of nitrogens with one attached hydrogen (secondary N) is 1. The van der Waals surface area contributed by atoms with Gasteiger partial charge in [-0.1, -0.05) is 18.2 Å². The molecular weight excluding hydrogens is 363 g/mol. The van der Waals surface area contributed by atoms with Gasteiger partial charge in [0.05, 0.1) is 5.56 Å². The van der Waals surface area contributed by atoms with E-state index in [-0.39, 0.29) is 24.8 Å². The Hall–Kier alpha value is -3.61. The summed E-state index contributed by atoms with van der Waals surface area (Å²) in [4.78, 5) is 22.9. The van der Waals surface area contributed by atoms with Crippen LogP contribution in [-0.4, -0.2) is 18.4 Å². The van der Waals surface area contributed by atoms with Crippen LogP contribution in [0.1, 0.15) is 12.2 Å². The van der Waals surface area contributed by atoms with Crippen molar-refractivity contribution in [3.05, 3.63) is 72.2 Å². The molecule has 0 spiro atoms. The van der Waals surface area contributed by atoms with E-state index < -0.39 is 5.91 Å². The van der Waals surface area contributed by atoms with Gasteiger partial charge in [0.1, 0.15) is 23.1 Å². The monoisotopic (exact) mass is 382 g/mol. The number of rotatable bonds is 8. The predicted molar refractivity (Wildman–Crippen MR) is 102 cm³/mol. The second kappa shape index (κ2) is 8.85. The summed E-state index contributed by atoms with van der Waals surface area (Å²) >= 11 is 0. The Labute approximate surface area is 161 Å². The van der Waals surface area contributed by atoms with E-state index in [1.807, 2.05) is 0 Å². The van der Waals surface area contributed by atoms with Gasteiger partial charge in [-0.15, -0.1) is 0 Å². The van der Waals surface area contributed by atoms with Gasteiger partial charge in [0.2, 0.25) is 5.91 Å². The van der Waals surface area contributed by atoms with Crippen LogP contribution in [0.15, 0.2) is 65.1 Å². The molecule has 0 radical (unpaired) electrons. The molecule has 2 aromatic carbocycles. The summed E-state index contributed by atoms with van der Waals surface area (Å²) in [6.07, 6.45) is 0.564. The number of ether oxygens (including phenoxy) is 1. The first-order valence-electron chi connectivity index (χ1n) is 8.66. The molecule has 0 unspecified atom stereocenters. The lowest BCUT2D eigenvalue weighted by Gasteiger charge is -2.08. The molecule has 7 heteroatoms. The van der Waals surface area contributed by atoms with Crippen LogP contribution in [0, 0.1) is 5.82 Å². The number of furan rings is 1. The first kappa shape index (κ1) is 19.2. The Kier molecular flexibility index (Phi) is 6.06. The Bertz CT molecular complexity index is 984. The number of carbonyl (C=O) groups is 2. The second-order valence-corrected chi connectivity index (χ2v) is 6.08. The standard InChI is InChI=1S/C21H19FN2O4/c22-18-7-2-1-6-17(18)19-10-8-15(28-19)9-11-21(26)24-14-4-3-5-16(12-14)27-13-20(23)25/h1-8,10,12H,9,11,13H2,(H2,23,25)(H,24,26). The van der Waals surface area contributed by atoms with Crippen molar-refractivity contribution in [1.29, 1.82) is 0 Å². The highest BCUT2D eigenvalue weighted by Crippen LogP contribution is 2.25. The molecule has 3 aromatic rings. The highest BCUT2D eigenvalue weighted by atomic mass is 19.1. The third-order valence-electron chi connectivity index (χ3n) is 3.90. The van der Waals surface area contributed by atoms with Gasteiger partial charge in [-0.2, -0.15) is 0 Å². The minimum Gasteiger partial charge on any atom is -0.484 e. The van der Waals surface area contributed by atoms with Crippen molar-refractivity contribution in [1.82, 2.24) is 0 Å². The van der Waals surface area contributed by atoms with Gasteiger partial charge in [-0.05, 0) is 36.4 Å². The van der Waals surface area contributed by atoms with E-state index in [0.717, 1.165) is 0 Å². The zero-order chi connectivity index (χ0) is 19.9. The molecule has 3 N–H and O–H groups in total. The summed E-state index contributed by atoms with van der Waals surface area (Å²) in [6.45, 7) is -0.236. The lowest BCUT2D eigenvalue weighted by molar-refractivity contribution is -0.120. The lowest BCUT2D eigenvalue weighted by Crippen LogP contribution is -2.20. The van der Waals surface area contributed by atoms with Crippen molar-refractivity contribution < 1.29 is 23.1 Å². The lowest BCUT2D eigenvalue weighted by atomic mass is 10.1. The zero-order valence-electron chi connectivity index (χ0n) is 15.0. The summed E-state index contributed by atoms with van der Waals surface area (Å²) in [7, 11) is 0. The summed E-state index contributed by atoms with van der Waals surface area (Å²) in [6, 6.07) is 16.4. The molecule has 1 heterocycles. The second-order valence-electron chi connectivity index (χ2n) is 6.08. The van der Waals surface area contributed by atoms with E-state index in [4.69, 9.17) is 14.9 Å². The molecular formula is C21H19FN2O4. The first-order chi connectivity index (χ1) is 13.5. The number of benzene rings is 2. The molecule has 0 bridgehead atoms. The zero-order valence-corrected chi connectivity index (χ0v) is 15.0. The van der Waals surface area contributed by atoms with Crippen molar-refractivity contribution in [2.45, 2.75) is 12.8 Å². The minimum atomic E-state index is -0.581. The van der Waals surface area contributed by atoms with Crippen molar-refractivity contribution >= 4 is 17.5 Å². The van der Waals surface area contributed by atoms with Crippen molar-refractivity contribution in [3.8, 4) is 17.1 Å². The Morgan fingerprint density at radius 3 is 2.68 bits per heavy atom. The molecule has 0 aliphatic carbocycles. The van der Waals surface area contributed by atoms with Crippen molar-refractivity contribution in [2.75, 3.05) is 11.9 Å². The average molecular weight is 382 g/mol. The van der Waals surface area contributed by atoms with Crippen LogP contribution in [0.5, 0.6) is 5.75 Å². The quantitative estimate of drug-likeness (QED) is 0.623. The van der Waals surface area contributed by atoms with E-state index in [9.17, 15) is 14.0 Å². The van der Waals surface area contributed by atoms with Crippen LogP contribution in [0.25, 0.3) is 11.3 Å². The minimum absolute atomic E-state index is 0.191. The number of hydrogen-bond acceptors (Lipinski definition) is 4. The van der Waals surface area contributed by atoms with Gasteiger partial charge in [0.15, 0.2) is 6.61 Å². The average Bonchev–Trinajstić information content (AvgIpc) is 3.14. The third-order valence-corrected chi connectivity index (χ3v) is 3.90. The number of carbonyl (C=O) groups excluding carboxylic acids is 2. The molecule has 0 fully saturated rings. The molecule has 0 saturated heterocycles. The Morgan fingerprint density at radius 2 is 1.89 bits per heavy atom. The van der Waals surface area contributed by atoms with Gasteiger partial charge < -0.3 is 20.2 Å². The third kappa shape index (κ3) is 5.20. The van der Waals surface area contributed by atoms with Gasteiger partial charge in [-0.25, -0.2) is 4.39 Å². The number of anilines is 1. The molecule has 144 valence electrons. The van der Waals surface area contributed by atoms with Gasteiger partial charge >= 0.3 is 0 Å². The number of hydrogen-bond donors (Lipinski definition) is 2. The number of halogens is 1. The number of nitrogens with two attached hydrogens (primary N) is 1. The molecule has 0 atom stereocenters. The van der Waals surface area contributed by atoms with E-state index >= 15 is 0 Å². The maximum absolute atomic E-state index is 13.8. The van der Waals surface area contributed by atoms with Crippen molar-refractivity contribution in [2.24, 2.45) is 5.73 Å². The number of primary amides is 1. The highest BCUT2D eigenvalue weighted by Gasteiger charge is 2.11. The molecule has 6 nitrogen and oxygen atoms in total. The molecule has 3 rings (SSSR count). The van der Waals surface area contributed by atoms with Crippen LogP contribution in [0.4, 0.5) is 10.1 Å². The SMILES string of the molecule is NC(=O)COc1cccc(NC(=O)CCc2ccc(-c3ccccc3F)o2)c1. The number of aryl methyl sites for hydroxylation is 1. The molecule has 1 aromatic heterocycles. The van der Waals surface area contributed by atoms with Gasteiger partial charge in [-0.3, -0.25) is 9.59 Å². The van der Waals surface area contributed by atoms with Gasteiger partial charge in [0, 0.05) is 24.6 Å². The largest absolute Gasteiger partial charge is 0.484 e. The van der Waals surface area contributed by atoms with Crippen LogP contribution in [-0.2, 0) is 16.0 Å². The molecule has 0 aliphatic heterocycles. The number of amides is 2. The highest BCUT2D eigenvalue weighted by molar-refractivity contribution is 5.91. The smallest absolute Gasteiger partial charge is 0.255 e. The maximum Gasteiger partial charge on any atom is 0.255 e. The summed E-state index contributed by atoms with van der Waals surface area (Å²) in [5.41, 5.74) is 5.96. The van der Waals surface area contributed by atoms with Crippen molar-refractivity contribution in [3.63, 3.8) is 0 Å². The van der Waals surface area contributed by atoms with Crippen LogP contribution >= 0.6 is 0 Å². The summed E-state index contributed by atoms with van der Waals surface area (Å²) in [5.74, 6) is 0.287. The maximum atomic E-state index is 13.8. The molecule has 0 aliphatic rings. The first-order valence-corrected chi connectivity index (χ1v) is 8.66. The fourth-order valence-corrected chi connectivity index (χ4v) is 2.60. The van der Waals surface area contributed by atoms with E-state index in [1.165, 1.54) is 6.07 Å². The summed E-state index contributed by atoms with van der Waals surface area (Å²) < 4.78 is 24.7. The fraction of sp³-hybridized carbons (Fsp3) is 0.143. The molecule has 0 saturated carbocycles. The summed E-state index contributed by atoms with van der Waals surface area (Å²) in [5, 5.41) is 2.75. The fourth-order valence-electron chi connectivity index (χ4n) is 2.60. The van der Waals surface area contributed by atoms with Gasteiger partial charge in [0.25, 0.3) is 5.91 Å². The van der Waals surface area contributed by atoms with E-state index in [0.29, 0.717) is 34.9 Å².